The average Bonchev–Trinajstić information content (AvgIpc) is 2.40. The van der Waals surface area contributed by atoms with Crippen molar-refractivity contribution in [3.8, 4) is 0 Å². The zero-order valence-electron chi connectivity index (χ0n) is 14.9. The van der Waals surface area contributed by atoms with Crippen LogP contribution in [0.5, 0.6) is 0 Å². The van der Waals surface area contributed by atoms with Gasteiger partial charge < -0.3 is 5.32 Å². The van der Waals surface area contributed by atoms with Gasteiger partial charge in [0.2, 0.25) is 0 Å². The lowest BCUT2D eigenvalue weighted by Gasteiger charge is -2.27. The molecule has 0 bridgehead atoms. The molecule has 0 radical (unpaired) electrons. The normalized spacial score (nSPS) is 12.4. The fraction of sp³-hybridized carbons (Fsp3) is 0.684. The maximum Gasteiger partial charge on any atom is 0.0236 e. The van der Waals surface area contributed by atoms with Crippen molar-refractivity contribution in [3.05, 3.63) is 35.4 Å². The second kappa shape index (κ2) is 8.55. The number of hydrogen-bond donors (Lipinski definition) is 1. The summed E-state index contributed by atoms with van der Waals surface area (Å²) < 4.78 is 0. The van der Waals surface area contributed by atoms with Crippen LogP contribution in [0.25, 0.3) is 0 Å². The van der Waals surface area contributed by atoms with E-state index in [-0.39, 0.29) is 5.54 Å². The summed E-state index contributed by atoms with van der Waals surface area (Å²) in [6.07, 6.45) is 3.55. The topological polar surface area (TPSA) is 15.3 Å². The van der Waals surface area contributed by atoms with Gasteiger partial charge in [0.1, 0.15) is 0 Å². The summed E-state index contributed by atoms with van der Waals surface area (Å²) >= 11 is 0. The molecule has 0 aliphatic carbocycles. The molecular weight excluding hydrogens is 256 g/mol. The number of benzene rings is 1. The van der Waals surface area contributed by atoms with Gasteiger partial charge in [0.15, 0.2) is 0 Å². The summed E-state index contributed by atoms with van der Waals surface area (Å²) in [5.74, 6) is 0. The molecule has 0 amide bonds. The van der Waals surface area contributed by atoms with Gasteiger partial charge in [-0.1, -0.05) is 38.1 Å². The van der Waals surface area contributed by atoms with Gasteiger partial charge in [0.05, 0.1) is 0 Å². The highest BCUT2D eigenvalue weighted by molar-refractivity contribution is 5.27. The van der Waals surface area contributed by atoms with Gasteiger partial charge in [0, 0.05) is 18.1 Å². The fourth-order valence-electron chi connectivity index (χ4n) is 2.84. The highest BCUT2D eigenvalue weighted by Crippen LogP contribution is 2.15. The molecule has 120 valence electrons. The van der Waals surface area contributed by atoms with Crippen molar-refractivity contribution in [2.75, 3.05) is 13.6 Å². The highest BCUT2D eigenvalue weighted by atomic mass is 15.1. The van der Waals surface area contributed by atoms with Crippen LogP contribution in [0.3, 0.4) is 0 Å². The Bertz CT molecular complexity index is 402. The Labute approximate surface area is 131 Å². The Kier molecular flexibility index (Phi) is 7.41. The van der Waals surface area contributed by atoms with E-state index in [4.69, 9.17) is 0 Å². The van der Waals surface area contributed by atoms with E-state index in [1.807, 2.05) is 0 Å². The molecule has 0 saturated carbocycles. The molecule has 2 heteroatoms. The maximum atomic E-state index is 3.58. The first kappa shape index (κ1) is 18.2. The summed E-state index contributed by atoms with van der Waals surface area (Å²) in [4.78, 5) is 2.50. The van der Waals surface area contributed by atoms with Gasteiger partial charge in [0.25, 0.3) is 0 Å². The van der Waals surface area contributed by atoms with Crippen molar-refractivity contribution in [1.82, 2.24) is 10.2 Å². The van der Waals surface area contributed by atoms with Crippen molar-refractivity contribution in [2.24, 2.45) is 0 Å². The summed E-state index contributed by atoms with van der Waals surface area (Å²) in [7, 11) is 2.25. The van der Waals surface area contributed by atoms with Crippen LogP contribution in [0.15, 0.2) is 24.3 Å². The second-order valence-electron chi connectivity index (χ2n) is 7.08. The summed E-state index contributed by atoms with van der Waals surface area (Å²) in [5, 5.41) is 3.58. The molecule has 0 atom stereocenters. The van der Waals surface area contributed by atoms with Crippen LogP contribution < -0.4 is 5.32 Å². The molecule has 1 N–H and O–H groups in total. The quantitative estimate of drug-likeness (QED) is 0.770. The van der Waals surface area contributed by atoms with E-state index in [2.05, 4.69) is 76.1 Å². The van der Waals surface area contributed by atoms with E-state index in [0.717, 1.165) is 19.5 Å². The van der Waals surface area contributed by atoms with E-state index >= 15 is 0 Å². The largest absolute Gasteiger partial charge is 0.312 e. The molecule has 0 aromatic heterocycles. The van der Waals surface area contributed by atoms with Gasteiger partial charge in [-0.15, -0.1) is 0 Å². The van der Waals surface area contributed by atoms with Crippen LogP contribution in [0.2, 0.25) is 0 Å². The molecular formula is C19H34N2. The smallest absolute Gasteiger partial charge is 0.0236 e. The standard InChI is InChI=1S/C19H34N2/c1-7-18(8-2)21(6)15-17-12-10-9-11-16(17)13-14-20-19(3,4)5/h9-12,18,20H,7-8,13-15H2,1-6H3. The number of hydrogen-bond acceptors (Lipinski definition) is 2. The van der Waals surface area contributed by atoms with Crippen LogP contribution in [0.1, 0.15) is 58.6 Å². The Morgan fingerprint density at radius 3 is 2.14 bits per heavy atom. The Balaban J connectivity index is 2.66. The summed E-state index contributed by atoms with van der Waals surface area (Å²) in [6.45, 7) is 13.3. The minimum atomic E-state index is 0.196. The Morgan fingerprint density at radius 1 is 1.05 bits per heavy atom. The molecule has 1 aromatic carbocycles. The summed E-state index contributed by atoms with van der Waals surface area (Å²) in [5.41, 5.74) is 3.15. The number of nitrogens with one attached hydrogen (secondary N) is 1. The first-order valence-electron chi connectivity index (χ1n) is 8.39. The molecule has 0 aliphatic rings. The van der Waals surface area contributed by atoms with Crippen molar-refractivity contribution < 1.29 is 0 Å². The van der Waals surface area contributed by atoms with Crippen molar-refractivity contribution in [1.29, 1.82) is 0 Å². The molecule has 0 heterocycles. The van der Waals surface area contributed by atoms with Crippen LogP contribution >= 0.6 is 0 Å². The van der Waals surface area contributed by atoms with Gasteiger partial charge >= 0.3 is 0 Å². The molecule has 2 nitrogen and oxygen atoms in total. The average molecular weight is 290 g/mol. The maximum absolute atomic E-state index is 3.58. The second-order valence-corrected chi connectivity index (χ2v) is 7.08. The molecule has 0 spiro atoms. The first-order chi connectivity index (χ1) is 9.87. The lowest BCUT2D eigenvalue weighted by Crippen LogP contribution is -2.37. The van der Waals surface area contributed by atoms with Crippen LogP contribution in [0, 0.1) is 0 Å². The lowest BCUT2D eigenvalue weighted by atomic mass is 10.0. The van der Waals surface area contributed by atoms with E-state index in [9.17, 15) is 0 Å². The van der Waals surface area contributed by atoms with Crippen LogP contribution in [-0.2, 0) is 13.0 Å². The lowest BCUT2D eigenvalue weighted by molar-refractivity contribution is 0.221. The van der Waals surface area contributed by atoms with Crippen molar-refractivity contribution in [3.63, 3.8) is 0 Å². The van der Waals surface area contributed by atoms with E-state index in [0.29, 0.717) is 6.04 Å². The van der Waals surface area contributed by atoms with Crippen molar-refractivity contribution in [2.45, 2.75) is 72.0 Å². The minimum Gasteiger partial charge on any atom is -0.312 e. The zero-order chi connectivity index (χ0) is 15.9. The Hall–Kier alpha value is -0.860. The Morgan fingerprint density at radius 2 is 1.62 bits per heavy atom. The van der Waals surface area contributed by atoms with Gasteiger partial charge in [-0.3, -0.25) is 4.90 Å². The minimum absolute atomic E-state index is 0.196. The molecule has 0 aliphatic heterocycles. The summed E-state index contributed by atoms with van der Waals surface area (Å²) in [6, 6.07) is 9.57. The van der Waals surface area contributed by atoms with Gasteiger partial charge in [-0.05, 0) is 64.8 Å². The molecule has 1 aromatic rings. The predicted octanol–water partition coefficient (Wildman–Crippen LogP) is 4.24. The van der Waals surface area contributed by atoms with Gasteiger partial charge in [-0.2, -0.15) is 0 Å². The predicted molar refractivity (Wildman–Crippen MR) is 93.7 cm³/mol. The van der Waals surface area contributed by atoms with E-state index in [1.165, 1.54) is 24.0 Å². The third-order valence-electron chi connectivity index (χ3n) is 4.15. The molecule has 0 unspecified atom stereocenters. The zero-order valence-corrected chi connectivity index (χ0v) is 14.9. The third kappa shape index (κ3) is 6.62. The van der Waals surface area contributed by atoms with E-state index < -0.39 is 0 Å². The van der Waals surface area contributed by atoms with Crippen molar-refractivity contribution >= 4 is 0 Å². The van der Waals surface area contributed by atoms with Crippen LogP contribution in [0.4, 0.5) is 0 Å². The molecule has 21 heavy (non-hydrogen) atoms. The van der Waals surface area contributed by atoms with Crippen LogP contribution in [-0.4, -0.2) is 30.1 Å². The van der Waals surface area contributed by atoms with E-state index in [1.54, 1.807) is 0 Å². The fourth-order valence-corrected chi connectivity index (χ4v) is 2.84. The van der Waals surface area contributed by atoms with Gasteiger partial charge in [-0.25, -0.2) is 0 Å². The molecule has 1 rings (SSSR count). The number of nitrogens with zero attached hydrogens (tertiary/aromatic N) is 1. The SMILES string of the molecule is CCC(CC)N(C)Cc1ccccc1CCNC(C)(C)C. The molecule has 0 fully saturated rings. The number of rotatable bonds is 8. The molecule has 0 saturated heterocycles. The third-order valence-corrected chi connectivity index (χ3v) is 4.15. The first-order valence-corrected chi connectivity index (χ1v) is 8.39. The highest BCUT2D eigenvalue weighted by Gasteiger charge is 2.13. The monoisotopic (exact) mass is 290 g/mol.